The lowest BCUT2D eigenvalue weighted by Crippen LogP contribution is -2.13. The zero-order chi connectivity index (χ0) is 20.8. The smallest absolute Gasteiger partial charge is 0.170 e. The van der Waals surface area contributed by atoms with Gasteiger partial charge in [0.05, 0.1) is 5.52 Å². The number of halogens is 1. The molecule has 0 spiro atoms. The minimum Gasteiger partial charge on any atom is -0.489 e. The predicted octanol–water partition coefficient (Wildman–Crippen LogP) is 4.70. The molecule has 0 fully saturated rings. The molecular formula is C23H19ClN4O2. The van der Waals surface area contributed by atoms with E-state index in [1.165, 1.54) is 0 Å². The summed E-state index contributed by atoms with van der Waals surface area (Å²) in [5.74, 6) is 0.989. The Kier molecular flexibility index (Phi) is 6.06. The summed E-state index contributed by atoms with van der Waals surface area (Å²) in [5, 5.41) is 5.58. The number of hydrogen-bond donors (Lipinski definition) is 1. The van der Waals surface area contributed by atoms with Crippen molar-refractivity contribution in [3.8, 4) is 5.75 Å². The largest absolute Gasteiger partial charge is 0.489 e. The van der Waals surface area contributed by atoms with Crippen LogP contribution in [0.3, 0.4) is 0 Å². The molecule has 0 saturated heterocycles. The van der Waals surface area contributed by atoms with Gasteiger partial charge in [-0.25, -0.2) is 0 Å². The fourth-order valence-corrected chi connectivity index (χ4v) is 3.12. The fraction of sp³-hybridized carbons (Fsp3) is 0.0870. The SMILES string of the molecule is N/C(=N/OCc1c(Cl)ccc2cccnc12)c1ccc(OCc2cccnc2)cc1. The number of nitrogens with two attached hydrogens (primary N) is 1. The molecule has 4 rings (SSSR count). The van der Waals surface area contributed by atoms with Crippen LogP contribution in [0, 0.1) is 0 Å². The molecule has 0 aliphatic rings. The zero-order valence-electron chi connectivity index (χ0n) is 16.0. The molecule has 30 heavy (non-hydrogen) atoms. The van der Waals surface area contributed by atoms with Gasteiger partial charge < -0.3 is 15.3 Å². The molecule has 4 aromatic rings. The molecule has 0 aliphatic carbocycles. The third-order valence-electron chi connectivity index (χ3n) is 4.47. The number of hydrogen-bond acceptors (Lipinski definition) is 5. The second kappa shape index (κ2) is 9.24. The average Bonchev–Trinajstić information content (AvgIpc) is 2.80. The van der Waals surface area contributed by atoms with Gasteiger partial charge in [0, 0.05) is 45.7 Å². The molecule has 0 bridgehead atoms. The van der Waals surface area contributed by atoms with Crippen LogP contribution >= 0.6 is 11.6 Å². The van der Waals surface area contributed by atoms with Gasteiger partial charge in [-0.15, -0.1) is 0 Å². The molecule has 0 unspecified atom stereocenters. The Hall–Kier alpha value is -3.64. The number of rotatable bonds is 7. The van der Waals surface area contributed by atoms with Crippen molar-refractivity contribution in [1.29, 1.82) is 0 Å². The van der Waals surface area contributed by atoms with Crippen molar-refractivity contribution in [2.24, 2.45) is 10.9 Å². The van der Waals surface area contributed by atoms with Gasteiger partial charge in [-0.05, 0) is 42.5 Å². The topological polar surface area (TPSA) is 82.6 Å². The highest BCUT2D eigenvalue weighted by molar-refractivity contribution is 6.32. The normalized spacial score (nSPS) is 11.4. The maximum atomic E-state index is 6.31. The van der Waals surface area contributed by atoms with Crippen molar-refractivity contribution in [3.63, 3.8) is 0 Å². The standard InChI is InChI=1S/C23H19ClN4O2/c24-21-10-7-17-4-2-12-27-22(17)20(21)15-30-28-23(25)18-5-8-19(9-6-18)29-14-16-3-1-11-26-13-16/h1-13H,14-15H2,(H2,25,28). The molecule has 0 amide bonds. The van der Waals surface area contributed by atoms with Crippen LogP contribution < -0.4 is 10.5 Å². The lowest BCUT2D eigenvalue weighted by atomic mass is 10.1. The Bertz CT molecular complexity index is 1160. The second-order valence-corrected chi connectivity index (χ2v) is 6.93. The number of amidine groups is 1. The van der Waals surface area contributed by atoms with E-state index in [2.05, 4.69) is 15.1 Å². The van der Waals surface area contributed by atoms with Crippen molar-refractivity contribution in [1.82, 2.24) is 9.97 Å². The summed E-state index contributed by atoms with van der Waals surface area (Å²) >= 11 is 6.31. The van der Waals surface area contributed by atoms with E-state index >= 15 is 0 Å². The Morgan fingerprint density at radius 3 is 2.60 bits per heavy atom. The molecule has 2 aromatic carbocycles. The molecule has 0 atom stereocenters. The average molecular weight is 419 g/mol. The van der Waals surface area contributed by atoms with E-state index in [9.17, 15) is 0 Å². The molecule has 150 valence electrons. The van der Waals surface area contributed by atoms with Gasteiger partial charge in [-0.2, -0.15) is 0 Å². The molecule has 2 heterocycles. The van der Waals surface area contributed by atoms with Gasteiger partial charge in [0.1, 0.15) is 19.0 Å². The minimum atomic E-state index is 0.167. The maximum Gasteiger partial charge on any atom is 0.170 e. The summed E-state index contributed by atoms with van der Waals surface area (Å²) < 4.78 is 5.75. The van der Waals surface area contributed by atoms with Crippen molar-refractivity contribution >= 4 is 28.3 Å². The highest BCUT2D eigenvalue weighted by Crippen LogP contribution is 2.25. The van der Waals surface area contributed by atoms with Crippen LogP contribution in [-0.2, 0) is 18.1 Å². The van der Waals surface area contributed by atoms with Crippen molar-refractivity contribution < 1.29 is 9.57 Å². The summed E-state index contributed by atoms with van der Waals surface area (Å²) in [6, 6.07) is 18.7. The highest BCUT2D eigenvalue weighted by atomic mass is 35.5. The van der Waals surface area contributed by atoms with E-state index in [0.717, 1.165) is 33.3 Å². The van der Waals surface area contributed by atoms with Crippen LogP contribution in [0.2, 0.25) is 5.02 Å². The third kappa shape index (κ3) is 4.67. The van der Waals surface area contributed by atoms with Gasteiger partial charge >= 0.3 is 0 Å². The molecule has 2 N–H and O–H groups in total. The van der Waals surface area contributed by atoms with Crippen LogP contribution in [0.1, 0.15) is 16.7 Å². The highest BCUT2D eigenvalue weighted by Gasteiger charge is 2.08. The number of ether oxygens (including phenoxy) is 1. The van der Waals surface area contributed by atoms with Crippen LogP contribution in [0.25, 0.3) is 10.9 Å². The van der Waals surface area contributed by atoms with Crippen LogP contribution in [0.5, 0.6) is 5.75 Å². The zero-order valence-corrected chi connectivity index (χ0v) is 16.8. The molecule has 0 saturated carbocycles. The van der Waals surface area contributed by atoms with Crippen LogP contribution in [0.15, 0.2) is 84.4 Å². The summed E-state index contributed by atoms with van der Waals surface area (Å²) in [6.45, 7) is 0.611. The van der Waals surface area contributed by atoms with Crippen LogP contribution in [0.4, 0.5) is 0 Å². The molecule has 6 nitrogen and oxygen atoms in total. The Labute approximate surface area is 178 Å². The van der Waals surface area contributed by atoms with Crippen molar-refractivity contribution in [3.05, 3.63) is 101 Å². The number of benzene rings is 2. The Morgan fingerprint density at radius 2 is 1.80 bits per heavy atom. The van der Waals surface area contributed by atoms with Gasteiger partial charge in [0.25, 0.3) is 0 Å². The van der Waals surface area contributed by atoms with Gasteiger partial charge in [-0.3, -0.25) is 9.97 Å². The number of oxime groups is 1. The first-order valence-corrected chi connectivity index (χ1v) is 9.68. The van der Waals surface area contributed by atoms with E-state index in [1.54, 1.807) is 18.6 Å². The van der Waals surface area contributed by atoms with Crippen LogP contribution in [-0.4, -0.2) is 15.8 Å². The fourth-order valence-electron chi connectivity index (χ4n) is 2.91. The lowest BCUT2D eigenvalue weighted by Gasteiger charge is -2.08. The Morgan fingerprint density at radius 1 is 0.967 bits per heavy atom. The van der Waals surface area contributed by atoms with E-state index in [4.69, 9.17) is 26.9 Å². The first-order chi connectivity index (χ1) is 14.7. The quantitative estimate of drug-likeness (QED) is 0.267. The minimum absolute atomic E-state index is 0.167. The molecular weight excluding hydrogens is 400 g/mol. The van der Waals surface area contributed by atoms with E-state index in [0.29, 0.717) is 11.6 Å². The first kappa shape index (κ1) is 19.7. The summed E-state index contributed by atoms with van der Waals surface area (Å²) in [5.41, 5.74) is 9.33. The third-order valence-corrected chi connectivity index (χ3v) is 4.83. The lowest BCUT2D eigenvalue weighted by molar-refractivity contribution is 0.131. The van der Waals surface area contributed by atoms with Crippen molar-refractivity contribution in [2.45, 2.75) is 13.2 Å². The summed E-state index contributed by atoms with van der Waals surface area (Å²) in [7, 11) is 0. The van der Waals surface area contributed by atoms with Gasteiger partial charge in [-0.1, -0.05) is 35.0 Å². The molecule has 7 heteroatoms. The van der Waals surface area contributed by atoms with Crippen molar-refractivity contribution in [2.75, 3.05) is 0 Å². The number of aromatic nitrogens is 2. The molecule has 0 radical (unpaired) electrons. The molecule has 0 aliphatic heterocycles. The second-order valence-electron chi connectivity index (χ2n) is 6.53. The summed E-state index contributed by atoms with van der Waals surface area (Å²) in [4.78, 5) is 13.9. The van der Waals surface area contributed by atoms with E-state index in [1.807, 2.05) is 60.7 Å². The Balaban J connectivity index is 1.39. The van der Waals surface area contributed by atoms with E-state index < -0.39 is 0 Å². The monoisotopic (exact) mass is 418 g/mol. The first-order valence-electron chi connectivity index (χ1n) is 9.30. The number of fused-ring (bicyclic) bond motifs is 1. The maximum absolute atomic E-state index is 6.31. The predicted molar refractivity (Wildman–Crippen MR) is 117 cm³/mol. The number of pyridine rings is 2. The number of nitrogens with zero attached hydrogens (tertiary/aromatic N) is 3. The van der Waals surface area contributed by atoms with Gasteiger partial charge in [0.15, 0.2) is 5.84 Å². The van der Waals surface area contributed by atoms with E-state index in [-0.39, 0.29) is 12.4 Å². The molecule has 2 aromatic heterocycles. The summed E-state index contributed by atoms with van der Waals surface area (Å²) in [6.07, 6.45) is 5.22. The van der Waals surface area contributed by atoms with Gasteiger partial charge in [0.2, 0.25) is 0 Å².